The number of hydrogen-bond donors (Lipinski definition) is 2. The average molecular weight is 331 g/mol. The summed E-state index contributed by atoms with van der Waals surface area (Å²) in [4.78, 5) is 9.18. The van der Waals surface area contributed by atoms with Gasteiger partial charge in [0.1, 0.15) is 0 Å². The Morgan fingerprint density at radius 3 is 2.55 bits per heavy atom. The van der Waals surface area contributed by atoms with Crippen molar-refractivity contribution >= 4 is 15.7 Å². The van der Waals surface area contributed by atoms with Gasteiger partial charge in [0, 0.05) is 12.1 Å². The number of hydrogen-bond acceptors (Lipinski definition) is 5. The van der Waals surface area contributed by atoms with Crippen LogP contribution in [-0.2, 0) is 10.0 Å². The fourth-order valence-electron chi connectivity index (χ4n) is 2.64. The first kappa shape index (κ1) is 16.8. The van der Waals surface area contributed by atoms with Crippen molar-refractivity contribution in [2.24, 2.45) is 5.73 Å². The van der Waals surface area contributed by atoms with E-state index in [0.29, 0.717) is 12.8 Å². The minimum absolute atomic E-state index is 0.0248. The molecule has 0 atom stereocenters. The average Bonchev–Trinajstić information content (AvgIpc) is 2.45. The highest BCUT2D eigenvalue weighted by molar-refractivity contribution is 7.89. The lowest BCUT2D eigenvalue weighted by molar-refractivity contribution is -0.390. The second-order valence-electron chi connectivity index (χ2n) is 5.59. The maximum Gasteiger partial charge on any atom is 0.324 e. The molecule has 122 valence electrons. The van der Waals surface area contributed by atoms with Crippen LogP contribution in [0.25, 0.3) is 0 Å². The Bertz CT molecular complexity index is 672. The second kappa shape index (κ2) is 6.27. The Labute approximate surface area is 127 Å². The van der Waals surface area contributed by atoms with Crippen molar-refractivity contribution in [1.82, 2.24) is 4.72 Å². The fraction of sp³-hybridized carbons (Fsp3) is 0.538. The van der Waals surface area contributed by atoms with Gasteiger partial charge in [-0.15, -0.1) is 0 Å². The molecule has 7 nitrogen and oxygen atoms in total. The number of halogens is 1. The van der Waals surface area contributed by atoms with Gasteiger partial charge in [-0.3, -0.25) is 10.1 Å². The van der Waals surface area contributed by atoms with E-state index in [0.717, 1.165) is 37.5 Å². The van der Waals surface area contributed by atoms with Crippen LogP contribution in [0.1, 0.15) is 32.1 Å². The first-order valence-corrected chi connectivity index (χ1v) is 8.45. The summed E-state index contributed by atoms with van der Waals surface area (Å²) < 4.78 is 40.3. The number of nitro groups is 1. The van der Waals surface area contributed by atoms with Crippen LogP contribution in [0.3, 0.4) is 0 Å². The van der Waals surface area contributed by atoms with E-state index in [9.17, 15) is 22.9 Å². The van der Waals surface area contributed by atoms with Crippen LogP contribution in [0.5, 0.6) is 0 Å². The summed E-state index contributed by atoms with van der Waals surface area (Å²) in [6, 6.07) is 2.98. The smallest absolute Gasteiger partial charge is 0.324 e. The lowest BCUT2D eigenvalue weighted by Gasteiger charge is -2.33. The molecule has 2 rings (SSSR count). The number of nitrogens with two attached hydrogens (primary N) is 1. The van der Waals surface area contributed by atoms with E-state index in [1.54, 1.807) is 0 Å². The molecule has 0 radical (unpaired) electrons. The minimum atomic E-state index is -4.21. The molecule has 0 aliphatic heterocycles. The highest BCUT2D eigenvalue weighted by Gasteiger charge is 2.33. The van der Waals surface area contributed by atoms with Crippen molar-refractivity contribution in [2.75, 3.05) is 6.54 Å². The van der Waals surface area contributed by atoms with Crippen LogP contribution in [0.4, 0.5) is 10.1 Å². The molecule has 1 aromatic carbocycles. The van der Waals surface area contributed by atoms with Crippen LogP contribution < -0.4 is 10.5 Å². The molecular weight excluding hydrogens is 313 g/mol. The molecule has 1 aliphatic carbocycles. The largest absolute Gasteiger partial charge is 0.324 e. The van der Waals surface area contributed by atoms with Gasteiger partial charge in [-0.25, -0.2) is 13.1 Å². The van der Waals surface area contributed by atoms with Crippen molar-refractivity contribution in [3.8, 4) is 0 Å². The molecule has 1 aliphatic rings. The van der Waals surface area contributed by atoms with Gasteiger partial charge < -0.3 is 5.73 Å². The molecule has 0 amide bonds. The maximum absolute atomic E-state index is 13.5. The Hall–Kier alpha value is -1.58. The van der Waals surface area contributed by atoms with Gasteiger partial charge in [0.15, 0.2) is 4.90 Å². The molecule has 0 saturated heterocycles. The van der Waals surface area contributed by atoms with E-state index in [-0.39, 0.29) is 6.54 Å². The Balaban J connectivity index is 2.24. The van der Waals surface area contributed by atoms with E-state index in [1.165, 1.54) is 0 Å². The van der Waals surface area contributed by atoms with Gasteiger partial charge in [0.05, 0.1) is 4.92 Å². The highest BCUT2D eigenvalue weighted by atomic mass is 32.2. The summed E-state index contributed by atoms with van der Waals surface area (Å²) in [7, 11) is -4.21. The fourth-order valence-corrected chi connectivity index (χ4v) is 3.96. The first-order chi connectivity index (χ1) is 10.3. The topological polar surface area (TPSA) is 115 Å². The Kier molecular flexibility index (Phi) is 4.78. The quantitative estimate of drug-likeness (QED) is 0.629. The van der Waals surface area contributed by atoms with Gasteiger partial charge in [-0.1, -0.05) is 25.3 Å². The predicted molar refractivity (Wildman–Crippen MR) is 78.2 cm³/mol. The molecule has 0 aromatic heterocycles. The predicted octanol–water partition coefficient (Wildman–Crippen LogP) is 1.67. The van der Waals surface area contributed by atoms with Crippen molar-refractivity contribution in [1.29, 1.82) is 0 Å². The number of para-hydroxylation sites is 1. The summed E-state index contributed by atoms with van der Waals surface area (Å²) in [5.74, 6) is -1.19. The van der Waals surface area contributed by atoms with Crippen molar-refractivity contribution in [3.05, 3.63) is 34.1 Å². The molecule has 3 N–H and O–H groups in total. The first-order valence-electron chi connectivity index (χ1n) is 6.97. The maximum atomic E-state index is 13.5. The normalized spacial score (nSPS) is 18.1. The SMILES string of the molecule is NC1(CNS(=O)(=O)c2cccc(F)c2[N+](=O)[O-])CCCCC1. The van der Waals surface area contributed by atoms with Crippen molar-refractivity contribution in [2.45, 2.75) is 42.5 Å². The van der Waals surface area contributed by atoms with Crippen LogP contribution >= 0.6 is 0 Å². The molecule has 1 saturated carbocycles. The molecule has 22 heavy (non-hydrogen) atoms. The van der Waals surface area contributed by atoms with Gasteiger partial charge in [-0.05, 0) is 25.0 Å². The summed E-state index contributed by atoms with van der Waals surface area (Å²) in [5.41, 5.74) is 4.43. The van der Waals surface area contributed by atoms with Crippen molar-refractivity contribution in [3.63, 3.8) is 0 Å². The monoisotopic (exact) mass is 331 g/mol. The van der Waals surface area contributed by atoms with Gasteiger partial charge >= 0.3 is 5.69 Å². The van der Waals surface area contributed by atoms with Crippen LogP contribution in [0.2, 0.25) is 0 Å². The summed E-state index contributed by atoms with van der Waals surface area (Å²) >= 11 is 0. The van der Waals surface area contributed by atoms with Crippen LogP contribution in [0.15, 0.2) is 23.1 Å². The third-order valence-corrected chi connectivity index (χ3v) is 5.32. The van der Waals surface area contributed by atoms with E-state index < -0.39 is 36.9 Å². The van der Waals surface area contributed by atoms with E-state index in [1.807, 2.05) is 0 Å². The Morgan fingerprint density at radius 2 is 1.95 bits per heavy atom. The molecule has 1 aromatic rings. The van der Waals surface area contributed by atoms with Crippen molar-refractivity contribution < 1.29 is 17.7 Å². The minimum Gasteiger partial charge on any atom is -0.324 e. The number of nitro benzene ring substituents is 1. The number of nitrogens with zero attached hydrogens (tertiary/aromatic N) is 1. The van der Waals surface area contributed by atoms with Gasteiger partial charge in [-0.2, -0.15) is 4.39 Å². The third kappa shape index (κ3) is 3.60. The van der Waals surface area contributed by atoms with E-state index in [4.69, 9.17) is 5.73 Å². The summed E-state index contributed by atoms with van der Waals surface area (Å²) in [6.07, 6.45) is 4.25. The molecule has 9 heteroatoms. The zero-order valence-electron chi connectivity index (χ0n) is 11.9. The van der Waals surface area contributed by atoms with Crippen LogP contribution in [0, 0.1) is 15.9 Å². The number of rotatable bonds is 5. The second-order valence-corrected chi connectivity index (χ2v) is 7.33. The molecular formula is C13H18FN3O4S. The molecule has 0 spiro atoms. The third-order valence-electron chi connectivity index (χ3n) is 3.89. The van der Waals surface area contributed by atoms with Gasteiger partial charge in [0.2, 0.25) is 15.8 Å². The van der Waals surface area contributed by atoms with E-state index in [2.05, 4.69) is 4.72 Å². The highest BCUT2D eigenvalue weighted by Crippen LogP contribution is 2.28. The number of nitrogens with one attached hydrogen (secondary N) is 1. The molecule has 0 unspecified atom stereocenters. The Morgan fingerprint density at radius 1 is 1.32 bits per heavy atom. The number of sulfonamides is 1. The molecule has 1 fully saturated rings. The number of benzene rings is 1. The van der Waals surface area contributed by atoms with Crippen LogP contribution in [-0.4, -0.2) is 25.4 Å². The lowest BCUT2D eigenvalue weighted by Crippen LogP contribution is -2.51. The summed E-state index contributed by atoms with van der Waals surface area (Å²) in [6.45, 7) is -0.0248. The zero-order valence-corrected chi connectivity index (χ0v) is 12.7. The molecule has 0 heterocycles. The summed E-state index contributed by atoms with van der Waals surface area (Å²) in [5, 5.41) is 10.9. The van der Waals surface area contributed by atoms with E-state index >= 15 is 0 Å². The standard InChI is InChI=1S/C13H18FN3O4S/c14-10-5-4-6-11(12(10)17(18)19)22(20,21)16-9-13(15)7-2-1-3-8-13/h4-6,16H,1-3,7-9,15H2. The lowest BCUT2D eigenvalue weighted by atomic mass is 9.83. The molecule has 0 bridgehead atoms. The van der Waals surface area contributed by atoms with Gasteiger partial charge in [0.25, 0.3) is 0 Å². The zero-order chi connectivity index (χ0) is 16.4.